The van der Waals surface area contributed by atoms with Crippen molar-refractivity contribution in [2.45, 2.75) is 56.4 Å². The molecule has 100 valence electrons. The Labute approximate surface area is 117 Å². The molecule has 1 aliphatic carbocycles. The van der Waals surface area contributed by atoms with Crippen LogP contribution in [0.5, 0.6) is 0 Å². The standard InChI is InChI=1S/C14H21BrN2O/c1-11-12(9-15)10-16-13(17-11)14(18-2)7-5-3-4-6-8-14/h10H,3-9H2,1-2H3. The minimum absolute atomic E-state index is 0.258. The molecule has 1 fully saturated rings. The van der Waals surface area contributed by atoms with Crippen molar-refractivity contribution in [2.75, 3.05) is 7.11 Å². The highest BCUT2D eigenvalue weighted by Gasteiger charge is 2.35. The van der Waals surface area contributed by atoms with Crippen LogP contribution < -0.4 is 0 Å². The summed E-state index contributed by atoms with van der Waals surface area (Å²) in [6, 6.07) is 0. The summed E-state index contributed by atoms with van der Waals surface area (Å²) in [5.41, 5.74) is 1.95. The van der Waals surface area contributed by atoms with Crippen LogP contribution in [0.1, 0.15) is 55.6 Å². The predicted molar refractivity (Wildman–Crippen MR) is 75.8 cm³/mol. The fraction of sp³-hybridized carbons (Fsp3) is 0.714. The van der Waals surface area contributed by atoms with E-state index in [1.54, 1.807) is 7.11 Å². The molecule has 1 saturated carbocycles. The molecule has 0 radical (unpaired) electrons. The van der Waals surface area contributed by atoms with E-state index < -0.39 is 0 Å². The fourth-order valence-corrected chi connectivity index (χ4v) is 3.21. The quantitative estimate of drug-likeness (QED) is 0.627. The van der Waals surface area contributed by atoms with E-state index in [9.17, 15) is 0 Å². The van der Waals surface area contributed by atoms with Crippen LogP contribution in [0.3, 0.4) is 0 Å². The van der Waals surface area contributed by atoms with Gasteiger partial charge >= 0.3 is 0 Å². The third kappa shape index (κ3) is 2.75. The first-order valence-electron chi connectivity index (χ1n) is 6.66. The zero-order valence-electron chi connectivity index (χ0n) is 11.2. The van der Waals surface area contributed by atoms with Gasteiger partial charge in [-0.05, 0) is 19.8 Å². The van der Waals surface area contributed by atoms with Crippen LogP contribution in [0.15, 0.2) is 6.20 Å². The first kappa shape index (κ1) is 13.9. The lowest BCUT2D eigenvalue weighted by molar-refractivity contribution is -0.0353. The van der Waals surface area contributed by atoms with Gasteiger partial charge in [0.15, 0.2) is 5.82 Å². The molecule has 1 aromatic rings. The number of hydrogen-bond donors (Lipinski definition) is 0. The smallest absolute Gasteiger partial charge is 0.160 e. The third-order valence-electron chi connectivity index (χ3n) is 3.93. The van der Waals surface area contributed by atoms with E-state index in [0.717, 1.165) is 35.3 Å². The minimum Gasteiger partial charge on any atom is -0.370 e. The molecular formula is C14H21BrN2O. The Bertz CT molecular complexity index is 401. The number of hydrogen-bond acceptors (Lipinski definition) is 3. The van der Waals surface area contributed by atoms with Gasteiger partial charge in [-0.3, -0.25) is 0 Å². The zero-order valence-corrected chi connectivity index (χ0v) is 12.8. The van der Waals surface area contributed by atoms with Gasteiger partial charge < -0.3 is 4.74 Å². The first-order chi connectivity index (χ1) is 8.72. The van der Waals surface area contributed by atoms with Crippen molar-refractivity contribution in [3.05, 3.63) is 23.3 Å². The number of rotatable bonds is 3. The Morgan fingerprint density at radius 1 is 1.28 bits per heavy atom. The zero-order chi connectivity index (χ0) is 13.0. The lowest BCUT2D eigenvalue weighted by Gasteiger charge is -2.30. The summed E-state index contributed by atoms with van der Waals surface area (Å²) in [6.07, 6.45) is 9.01. The molecule has 0 amide bonds. The topological polar surface area (TPSA) is 35.0 Å². The van der Waals surface area contributed by atoms with Gasteiger partial charge in [-0.2, -0.15) is 0 Å². The molecule has 0 N–H and O–H groups in total. The van der Waals surface area contributed by atoms with E-state index in [1.807, 2.05) is 13.1 Å². The number of aromatic nitrogens is 2. The summed E-state index contributed by atoms with van der Waals surface area (Å²) in [5.74, 6) is 0.870. The molecule has 0 saturated heterocycles. The molecule has 4 heteroatoms. The second kappa shape index (κ2) is 6.11. The summed E-state index contributed by atoms with van der Waals surface area (Å²) in [5, 5.41) is 0.805. The maximum atomic E-state index is 5.84. The number of aryl methyl sites for hydroxylation is 1. The second-order valence-corrected chi connectivity index (χ2v) is 5.61. The van der Waals surface area contributed by atoms with Gasteiger partial charge in [-0.1, -0.05) is 41.6 Å². The molecule has 0 aliphatic heterocycles. The van der Waals surface area contributed by atoms with Crippen LogP contribution >= 0.6 is 15.9 Å². The molecule has 0 bridgehead atoms. The average Bonchev–Trinajstić information content (AvgIpc) is 2.65. The van der Waals surface area contributed by atoms with Crippen LogP contribution in [0.2, 0.25) is 0 Å². The molecule has 2 rings (SSSR count). The van der Waals surface area contributed by atoms with Crippen molar-refractivity contribution in [2.24, 2.45) is 0 Å². The summed E-state index contributed by atoms with van der Waals surface area (Å²) >= 11 is 3.46. The monoisotopic (exact) mass is 312 g/mol. The first-order valence-corrected chi connectivity index (χ1v) is 7.78. The lowest BCUT2D eigenvalue weighted by Crippen LogP contribution is -2.30. The second-order valence-electron chi connectivity index (χ2n) is 5.05. The Balaban J connectivity index is 2.33. The van der Waals surface area contributed by atoms with Crippen molar-refractivity contribution >= 4 is 15.9 Å². The molecule has 1 aliphatic rings. The summed E-state index contributed by atoms with van der Waals surface area (Å²) in [7, 11) is 1.79. The highest BCUT2D eigenvalue weighted by molar-refractivity contribution is 9.08. The predicted octanol–water partition coefficient (Wildman–Crippen LogP) is 3.88. The Morgan fingerprint density at radius 2 is 1.94 bits per heavy atom. The normalized spacial score (nSPS) is 19.5. The van der Waals surface area contributed by atoms with E-state index in [2.05, 4.69) is 25.9 Å². The van der Waals surface area contributed by atoms with Crippen LogP contribution in [-0.2, 0) is 15.7 Å². The van der Waals surface area contributed by atoms with Crippen LogP contribution in [0.25, 0.3) is 0 Å². The van der Waals surface area contributed by atoms with Gasteiger partial charge in [-0.15, -0.1) is 0 Å². The molecule has 0 aromatic carbocycles. The Kier molecular flexibility index (Phi) is 4.73. The Hall–Kier alpha value is -0.480. The molecule has 0 unspecified atom stereocenters. The van der Waals surface area contributed by atoms with Crippen LogP contribution in [0, 0.1) is 6.92 Å². The van der Waals surface area contributed by atoms with Crippen molar-refractivity contribution in [3.8, 4) is 0 Å². The van der Waals surface area contributed by atoms with Crippen molar-refractivity contribution in [1.29, 1.82) is 0 Å². The molecule has 0 spiro atoms. The lowest BCUT2D eigenvalue weighted by atomic mass is 9.93. The third-order valence-corrected chi connectivity index (χ3v) is 4.54. The van der Waals surface area contributed by atoms with Crippen molar-refractivity contribution in [1.82, 2.24) is 9.97 Å². The van der Waals surface area contributed by atoms with Gasteiger partial charge in [0, 0.05) is 29.9 Å². The maximum Gasteiger partial charge on any atom is 0.160 e. The highest BCUT2D eigenvalue weighted by atomic mass is 79.9. The number of methoxy groups -OCH3 is 1. The number of halogens is 1. The average molecular weight is 313 g/mol. The van der Waals surface area contributed by atoms with Gasteiger partial charge in [-0.25, -0.2) is 9.97 Å². The largest absolute Gasteiger partial charge is 0.370 e. The summed E-state index contributed by atoms with van der Waals surface area (Å²) in [6.45, 7) is 2.04. The van der Waals surface area contributed by atoms with E-state index >= 15 is 0 Å². The van der Waals surface area contributed by atoms with Gasteiger partial charge in [0.05, 0.1) is 0 Å². The molecular weight excluding hydrogens is 292 g/mol. The molecule has 3 nitrogen and oxygen atoms in total. The van der Waals surface area contributed by atoms with Crippen LogP contribution in [-0.4, -0.2) is 17.1 Å². The summed E-state index contributed by atoms with van der Waals surface area (Å²) < 4.78 is 5.84. The van der Waals surface area contributed by atoms with Gasteiger partial charge in [0.25, 0.3) is 0 Å². The number of ether oxygens (including phenoxy) is 1. The fourth-order valence-electron chi connectivity index (χ4n) is 2.66. The van der Waals surface area contributed by atoms with E-state index in [-0.39, 0.29) is 5.60 Å². The molecule has 1 aromatic heterocycles. The molecule has 1 heterocycles. The highest BCUT2D eigenvalue weighted by Crippen LogP contribution is 2.37. The van der Waals surface area contributed by atoms with Gasteiger partial charge in [0.2, 0.25) is 0 Å². The van der Waals surface area contributed by atoms with E-state index in [0.29, 0.717) is 0 Å². The maximum absolute atomic E-state index is 5.84. The number of nitrogens with zero attached hydrogens (tertiary/aromatic N) is 2. The van der Waals surface area contributed by atoms with E-state index in [4.69, 9.17) is 4.74 Å². The van der Waals surface area contributed by atoms with Gasteiger partial charge in [0.1, 0.15) is 5.60 Å². The summed E-state index contributed by atoms with van der Waals surface area (Å²) in [4.78, 5) is 9.24. The molecule has 18 heavy (non-hydrogen) atoms. The SMILES string of the molecule is COC1(c2ncc(CBr)c(C)n2)CCCCCC1. The number of alkyl halides is 1. The van der Waals surface area contributed by atoms with Crippen LogP contribution in [0.4, 0.5) is 0 Å². The molecule has 0 atom stereocenters. The Morgan fingerprint density at radius 3 is 2.44 bits per heavy atom. The van der Waals surface area contributed by atoms with Crippen molar-refractivity contribution in [3.63, 3.8) is 0 Å². The van der Waals surface area contributed by atoms with Crippen molar-refractivity contribution < 1.29 is 4.74 Å². The van der Waals surface area contributed by atoms with E-state index in [1.165, 1.54) is 25.7 Å². The minimum atomic E-state index is -0.258.